The van der Waals surface area contributed by atoms with Crippen molar-refractivity contribution in [2.75, 3.05) is 6.61 Å². The van der Waals surface area contributed by atoms with Crippen LogP contribution < -0.4 is 20.5 Å². The van der Waals surface area contributed by atoms with Gasteiger partial charge in [-0.2, -0.15) is 0 Å². The number of aryl methyl sites for hydroxylation is 1. The average molecular weight is 475 g/mol. The molecule has 6 heteroatoms. The van der Waals surface area contributed by atoms with Gasteiger partial charge in [0.05, 0.1) is 18.6 Å². The van der Waals surface area contributed by atoms with Gasteiger partial charge in [0, 0.05) is 0 Å². The smallest absolute Gasteiger partial charge is 0.342 e. The fourth-order valence-corrected chi connectivity index (χ4v) is 8.98. The number of esters is 1. The minimum atomic E-state index is -2.94. The molecule has 3 rings (SSSR count). The molecule has 0 aliphatic rings. The van der Waals surface area contributed by atoms with Gasteiger partial charge in [-0.05, 0) is 53.4 Å². The maximum Gasteiger partial charge on any atom is 0.342 e. The molecule has 3 aromatic rings. The largest absolute Gasteiger partial charge is 0.533 e. The molecule has 2 N–H and O–H groups in total. The van der Waals surface area contributed by atoms with Crippen LogP contribution >= 0.6 is 0 Å². The van der Waals surface area contributed by atoms with Crippen molar-refractivity contribution in [3.8, 4) is 5.75 Å². The summed E-state index contributed by atoms with van der Waals surface area (Å²) in [6.45, 7) is 12.5. The van der Waals surface area contributed by atoms with Crippen LogP contribution in [-0.2, 0) is 4.74 Å². The molecule has 0 saturated carbocycles. The van der Waals surface area contributed by atoms with Gasteiger partial charge in [0.2, 0.25) is 0 Å². The number of aliphatic imine (C=N–C) groups is 1. The minimum absolute atomic E-state index is 0.252. The van der Waals surface area contributed by atoms with E-state index in [9.17, 15) is 4.79 Å². The van der Waals surface area contributed by atoms with Crippen molar-refractivity contribution in [2.24, 2.45) is 10.7 Å². The Labute approximate surface area is 203 Å². The molecule has 0 aliphatic heterocycles. The first-order valence-corrected chi connectivity index (χ1v) is 13.4. The molecule has 0 atom stereocenters. The SMILES string of the molecule is CCOC(=O)c1c(O[Si](c2ccccc2)(c2ccccc2)C(C)(C)C)cc(C)c(/N=C/N)c1C. The van der Waals surface area contributed by atoms with Crippen molar-refractivity contribution in [1.29, 1.82) is 0 Å². The fourth-order valence-electron chi connectivity index (χ4n) is 4.56. The van der Waals surface area contributed by atoms with Crippen LogP contribution in [0, 0.1) is 13.8 Å². The van der Waals surface area contributed by atoms with E-state index in [1.165, 1.54) is 6.34 Å². The van der Waals surface area contributed by atoms with Crippen LogP contribution in [0.3, 0.4) is 0 Å². The number of carbonyl (C=O) groups is 1. The number of ether oxygens (including phenoxy) is 1. The molecular weight excluding hydrogens is 440 g/mol. The topological polar surface area (TPSA) is 73.9 Å². The van der Waals surface area contributed by atoms with E-state index >= 15 is 0 Å². The van der Waals surface area contributed by atoms with Crippen molar-refractivity contribution in [1.82, 2.24) is 0 Å². The summed E-state index contributed by atoms with van der Waals surface area (Å²) in [4.78, 5) is 17.5. The molecule has 3 aromatic carbocycles. The van der Waals surface area contributed by atoms with Gasteiger partial charge in [-0.15, -0.1) is 0 Å². The number of benzene rings is 3. The second kappa shape index (κ2) is 10.3. The van der Waals surface area contributed by atoms with Crippen LogP contribution in [0.5, 0.6) is 5.75 Å². The Hall–Kier alpha value is -3.38. The highest BCUT2D eigenvalue weighted by Crippen LogP contribution is 2.41. The fraction of sp³-hybridized carbons (Fsp3) is 0.286. The molecule has 0 aromatic heterocycles. The lowest BCUT2D eigenvalue weighted by Gasteiger charge is -2.43. The summed E-state index contributed by atoms with van der Waals surface area (Å²) in [5.74, 6) is 0.0834. The van der Waals surface area contributed by atoms with E-state index in [1.807, 2.05) is 56.3 Å². The van der Waals surface area contributed by atoms with Crippen molar-refractivity contribution >= 4 is 36.7 Å². The number of hydrogen-bond donors (Lipinski definition) is 1. The lowest BCUT2D eigenvalue weighted by molar-refractivity contribution is 0.0523. The molecule has 0 spiro atoms. The summed E-state index contributed by atoms with van der Waals surface area (Å²) in [7, 11) is -2.94. The van der Waals surface area contributed by atoms with Crippen LogP contribution in [0.2, 0.25) is 5.04 Å². The molecule has 34 heavy (non-hydrogen) atoms. The Balaban J connectivity index is 2.38. The third kappa shape index (κ3) is 4.64. The van der Waals surface area contributed by atoms with E-state index in [0.29, 0.717) is 22.6 Å². The van der Waals surface area contributed by atoms with Gasteiger partial charge in [0.25, 0.3) is 0 Å². The van der Waals surface area contributed by atoms with E-state index in [2.05, 4.69) is 50.0 Å². The summed E-state index contributed by atoms with van der Waals surface area (Å²) < 4.78 is 12.6. The van der Waals surface area contributed by atoms with Gasteiger partial charge < -0.3 is 14.9 Å². The Morgan fingerprint density at radius 2 is 1.53 bits per heavy atom. The van der Waals surface area contributed by atoms with E-state index in [4.69, 9.17) is 14.9 Å². The first kappa shape index (κ1) is 25.2. The number of carbonyl (C=O) groups excluding carboxylic acids is 1. The van der Waals surface area contributed by atoms with Crippen molar-refractivity contribution in [3.05, 3.63) is 83.4 Å². The van der Waals surface area contributed by atoms with Crippen molar-refractivity contribution in [2.45, 2.75) is 46.6 Å². The second-order valence-corrected chi connectivity index (χ2v) is 13.5. The van der Waals surface area contributed by atoms with E-state index in [-0.39, 0.29) is 11.6 Å². The molecule has 0 fully saturated rings. The van der Waals surface area contributed by atoms with Crippen LogP contribution in [0.4, 0.5) is 5.69 Å². The number of rotatable bonds is 7. The monoisotopic (exact) mass is 474 g/mol. The number of hydrogen-bond acceptors (Lipinski definition) is 4. The number of nitrogens with two attached hydrogens (primary N) is 1. The van der Waals surface area contributed by atoms with E-state index < -0.39 is 14.3 Å². The zero-order valence-electron chi connectivity index (χ0n) is 20.9. The molecule has 0 aliphatic carbocycles. The first-order chi connectivity index (χ1) is 16.2. The number of nitrogens with zero attached hydrogens (tertiary/aromatic N) is 1. The third-order valence-corrected chi connectivity index (χ3v) is 11.0. The van der Waals surface area contributed by atoms with Gasteiger partial charge in [0.1, 0.15) is 11.3 Å². The third-order valence-electron chi connectivity index (χ3n) is 6.06. The van der Waals surface area contributed by atoms with Crippen LogP contribution in [0.25, 0.3) is 0 Å². The van der Waals surface area contributed by atoms with E-state index in [0.717, 1.165) is 15.9 Å². The van der Waals surface area contributed by atoms with Crippen LogP contribution in [0.15, 0.2) is 71.7 Å². The highest BCUT2D eigenvalue weighted by atomic mass is 28.4. The van der Waals surface area contributed by atoms with Crippen LogP contribution in [0.1, 0.15) is 49.2 Å². The normalized spacial score (nSPS) is 12.1. The van der Waals surface area contributed by atoms with E-state index in [1.54, 1.807) is 6.92 Å². The lowest BCUT2D eigenvalue weighted by atomic mass is 10.0. The Morgan fingerprint density at radius 1 is 1.00 bits per heavy atom. The molecule has 5 nitrogen and oxygen atoms in total. The molecular formula is C28H34N2O3Si. The zero-order valence-corrected chi connectivity index (χ0v) is 21.9. The first-order valence-electron chi connectivity index (χ1n) is 11.5. The van der Waals surface area contributed by atoms with Gasteiger partial charge in [-0.25, -0.2) is 9.79 Å². The van der Waals surface area contributed by atoms with Crippen LogP contribution in [-0.4, -0.2) is 27.2 Å². The van der Waals surface area contributed by atoms with Crippen molar-refractivity contribution in [3.63, 3.8) is 0 Å². The molecule has 178 valence electrons. The Bertz CT molecular complexity index is 1130. The maximum atomic E-state index is 13.2. The molecule has 0 radical (unpaired) electrons. The molecule has 0 bridgehead atoms. The summed E-state index contributed by atoms with van der Waals surface area (Å²) >= 11 is 0. The summed E-state index contributed by atoms with van der Waals surface area (Å²) in [5.41, 5.74) is 8.21. The second-order valence-electron chi connectivity index (χ2n) is 9.30. The standard InChI is InChI=1S/C28H34N2O3Si/c1-7-32-27(31)25-21(3)26(30-19-29)20(2)18-24(25)33-34(28(4,5)6,22-14-10-8-11-15-22)23-16-12-9-13-17-23/h8-19H,7H2,1-6H3,(H2,29,30). The highest BCUT2D eigenvalue weighted by molar-refractivity contribution is 7.00. The summed E-state index contributed by atoms with van der Waals surface area (Å²) in [5, 5.41) is 2.00. The zero-order chi connectivity index (χ0) is 24.9. The predicted octanol–water partition coefficient (Wildman–Crippen LogP) is 5.04. The lowest BCUT2D eigenvalue weighted by Crippen LogP contribution is -2.69. The molecule has 0 saturated heterocycles. The molecule has 0 unspecified atom stereocenters. The summed E-state index contributed by atoms with van der Waals surface area (Å²) in [6.07, 6.45) is 1.24. The summed E-state index contributed by atoms with van der Waals surface area (Å²) in [6, 6.07) is 22.6. The van der Waals surface area contributed by atoms with Gasteiger partial charge >= 0.3 is 14.3 Å². The predicted molar refractivity (Wildman–Crippen MR) is 142 cm³/mol. The highest BCUT2D eigenvalue weighted by Gasteiger charge is 2.52. The minimum Gasteiger partial charge on any atom is -0.533 e. The average Bonchev–Trinajstić information content (AvgIpc) is 2.80. The Kier molecular flexibility index (Phi) is 7.62. The molecule has 0 heterocycles. The van der Waals surface area contributed by atoms with Gasteiger partial charge in [-0.3, -0.25) is 0 Å². The molecule has 0 amide bonds. The maximum absolute atomic E-state index is 13.2. The van der Waals surface area contributed by atoms with Crippen molar-refractivity contribution < 1.29 is 14.0 Å². The quantitative estimate of drug-likeness (QED) is 0.225. The van der Waals surface area contributed by atoms with Gasteiger partial charge in [-0.1, -0.05) is 81.4 Å². The van der Waals surface area contributed by atoms with Gasteiger partial charge in [0.15, 0.2) is 0 Å². The Morgan fingerprint density at radius 3 is 1.97 bits per heavy atom.